The smallest absolute Gasteiger partial charge is 0.269 e. The molecule has 0 aliphatic carbocycles. The van der Waals surface area contributed by atoms with Crippen molar-refractivity contribution in [2.24, 2.45) is 0 Å². The maximum Gasteiger partial charge on any atom is 0.269 e. The van der Waals surface area contributed by atoms with Gasteiger partial charge in [-0.15, -0.1) is 0 Å². The zero-order valence-corrected chi connectivity index (χ0v) is 14.7. The van der Waals surface area contributed by atoms with Crippen molar-refractivity contribution in [3.8, 4) is 5.75 Å². The maximum absolute atomic E-state index is 10.6. The van der Waals surface area contributed by atoms with Crippen molar-refractivity contribution >= 4 is 17.8 Å². The number of benzene rings is 2. The van der Waals surface area contributed by atoms with Gasteiger partial charge in [-0.3, -0.25) is 10.1 Å². The number of nitrogens with zero attached hydrogens (tertiary/aromatic N) is 1. The van der Waals surface area contributed by atoms with Gasteiger partial charge in [0.2, 0.25) is 0 Å². The fraction of sp³-hybridized carbons (Fsp3) is 0.333. The minimum atomic E-state index is -0.393. The fourth-order valence-corrected chi connectivity index (χ4v) is 2.47. The van der Waals surface area contributed by atoms with Crippen LogP contribution in [0.25, 0.3) is 12.2 Å². The van der Waals surface area contributed by atoms with E-state index >= 15 is 0 Å². The molecule has 0 spiro atoms. The zero-order chi connectivity index (χ0) is 17.9. The summed E-state index contributed by atoms with van der Waals surface area (Å²) in [5.74, 6) is 0.892. The number of ether oxygens (including phenoxy) is 1. The molecular formula is C21H25NO3. The quantitative estimate of drug-likeness (QED) is 0.227. The number of unbranched alkanes of at least 4 members (excludes halogenated alkanes) is 4. The molecule has 2 rings (SSSR count). The summed E-state index contributed by atoms with van der Waals surface area (Å²) in [4.78, 5) is 10.2. The predicted octanol–water partition coefficient (Wildman–Crippen LogP) is 6.11. The second kappa shape index (κ2) is 10.3. The Morgan fingerprint density at radius 2 is 1.44 bits per heavy atom. The van der Waals surface area contributed by atoms with Crippen LogP contribution in [-0.2, 0) is 0 Å². The second-order valence-electron chi connectivity index (χ2n) is 6.01. The average molecular weight is 339 g/mol. The van der Waals surface area contributed by atoms with Crippen molar-refractivity contribution in [2.45, 2.75) is 39.0 Å². The van der Waals surface area contributed by atoms with Crippen LogP contribution in [-0.4, -0.2) is 11.5 Å². The summed E-state index contributed by atoms with van der Waals surface area (Å²) in [6.07, 6.45) is 10.1. The molecule has 25 heavy (non-hydrogen) atoms. The topological polar surface area (TPSA) is 52.4 Å². The number of non-ortho nitro benzene ring substituents is 1. The van der Waals surface area contributed by atoms with Crippen molar-refractivity contribution in [3.63, 3.8) is 0 Å². The van der Waals surface area contributed by atoms with Crippen LogP contribution in [0.5, 0.6) is 5.75 Å². The first kappa shape index (κ1) is 18.7. The molecule has 4 nitrogen and oxygen atoms in total. The highest BCUT2D eigenvalue weighted by Crippen LogP contribution is 2.17. The number of rotatable bonds is 10. The second-order valence-corrected chi connectivity index (χ2v) is 6.01. The summed E-state index contributed by atoms with van der Waals surface area (Å²) in [5.41, 5.74) is 2.10. The maximum atomic E-state index is 10.6. The molecule has 4 heteroatoms. The number of hydrogen-bond donors (Lipinski definition) is 0. The molecule has 0 heterocycles. The van der Waals surface area contributed by atoms with Crippen molar-refractivity contribution in [3.05, 3.63) is 69.8 Å². The third kappa shape index (κ3) is 6.79. The highest BCUT2D eigenvalue weighted by Gasteiger charge is 2.02. The van der Waals surface area contributed by atoms with E-state index in [2.05, 4.69) is 6.92 Å². The van der Waals surface area contributed by atoms with Crippen LogP contribution in [0, 0.1) is 10.1 Å². The van der Waals surface area contributed by atoms with E-state index in [1.165, 1.54) is 37.8 Å². The van der Waals surface area contributed by atoms with E-state index in [-0.39, 0.29) is 5.69 Å². The molecule has 0 N–H and O–H groups in total. The van der Waals surface area contributed by atoms with Gasteiger partial charge in [-0.25, -0.2) is 0 Å². The highest BCUT2D eigenvalue weighted by molar-refractivity contribution is 5.70. The third-order valence-corrected chi connectivity index (χ3v) is 3.97. The SMILES string of the molecule is CCCCCCCOc1ccc(/C=C/c2ccc([N+](=O)[O-])cc2)cc1. The van der Waals surface area contributed by atoms with E-state index in [4.69, 9.17) is 4.74 Å². The molecule has 0 saturated heterocycles. The summed E-state index contributed by atoms with van der Waals surface area (Å²) in [6.45, 7) is 2.98. The van der Waals surface area contributed by atoms with Crippen LogP contribution in [0.3, 0.4) is 0 Å². The van der Waals surface area contributed by atoms with Gasteiger partial charge >= 0.3 is 0 Å². The molecule has 0 radical (unpaired) electrons. The molecule has 2 aromatic carbocycles. The van der Waals surface area contributed by atoms with Gasteiger partial charge in [0.1, 0.15) is 5.75 Å². The number of nitro benzene ring substituents is 1. The summed E-state index contributed by atoms with van der Waals surface area (Å²) in [5, 5.41) is 10.6. The van der Waals surface area contributed by atoms with E-state index in [1.807, 2.05) is 36.4 Å². The molecule has 0 atom stereocenters. The Morgan fingerprint density at radius 1 is 0.880 bits per heavy atom. The molecule has 132 valence electrons. The molecule has 0 unspecified atom stereocenters. The Kier molecular flexibility index (Phi) is 7.70. The molecule has 0 aliphatic rings. The van der Waals surface area contributed by atoms with Crippen molar-refractivity contribution in [1.29, 1.82) is 0 Å². The highest BCUT2D eigenvalue weighted by atomic mass is 16.6. The largest absolute Gasteiger partial charge is 0.494 e. The van der Waals surface area contributed by atoms with Gasteiger partial charge in [-0.05, 0) is 41.8 Å². The molecule has 0 saturated carbocycles. The number of nitro groups is 1. The van der Waals surface area contributed by atoms with Crippen LogP contribution in [0.4, 0.5) is 5.69 Å². The molecule has 0 bridgehead atoms. The summed E-state index contributed by atoms with van der Waals surface area (Å²) in [6, 6.07) is 14.5. The fourth-order valence-electron chi connectivity index (χ4n) is 2.47. The minimum absolute atomic E-state index is 0.105. The first-order valence-corrected chi connectivity index (χ1v) is 8.84. The first-order chi connectivity index (χ1) is 12.2. The normalized spacial score (nSPS) is 10.9. The van der Waals surface area contributed by atoms with Gasteiger partial charge in [0, 0.05) is 12.1 Å². The van der Waals surface area contributed by atoms with Crippen LogP contribution in [0.15, 0.2) is 48.5 Å². The molecule has 0 amide bonds. The van der Waals surface area contributed by atoms with Gasteiger partial charge in [-0.1, -0.05) is 56.9 Å². The van der Waals surface area contributed by atoms with Crippen molar-refractivity contribution < 1.29 is 9.66 Å². The van der Waals surface area contributed by atoms with Crippen LogP contribution < -0.4 is 4.74 Å². The lowest BCUT2D eigenvalue weighted by Crippen LogP contribution is -1.97. The van der Waals surface area contributed by atoms with E-state index in [9.17, 15) is 10.1 Å². The van der Waals surface area contributed by atoms with Crippen molar-refractivity contribution in [1.82, 2.24) is 0 Å². The lowest BCUT2D eigenvalue weighted by atomic mass is 10.1. The molecule has 0 aromatic heterocycles. The Hall–Kier alpha value is -2.62. The minimum Gasteiger partial charge on any atom is -0.494 e. The van der Waals surface area contributed by atoms with Gasteiger partial charge < -0.3 is 4.74 Å². The lowest BCUT2D eigenvalue weighted by Gasteiger charge is -2.06. The summed E-state index contributed by atoms with van der Waals surface area (Å²) >= 11 is 0. The molecule has 0 aliphatic heterocycles. The Morgan fingerprint density at radius 3 is 2.00 bits per heavy atom. The van der Waals surface area contributed by atoms with Gasteiger partial charge in [0.15, 0.2) is 0 Å². The van der Waals surface area contributed by atoms with Gasteiger partial charge in [0.25, 0.3) is 5.69 Å². The number of hydrogen-bond acceptors (Lipinski definition) is 3. The zero-order valence-electron chi connectivity index (χ0n) is 14.7. The molecular weight excluding hydrogens is 314 g/mol. The predicted molar refractivity (Wildman–Crippen MR) is 103 cm³/mol. The van der Waals surface area contributed by atoms with E-state index in [0.717, 1.165) is 29.9 Å². The Labute approximate surface area is 149 Å². The summed E-state index contributed by atoms with van der Waals surface area (Å²) < 4.78 is 5.75. The van der Waals surface area contributed by atoms with Crippen molar-refractivity contribution in [2.75, 3.05) is 6.61 Å². The van der Waals surface area contributed by atoms with E-state index in [0.29, 0.717) is 0 Å². The average Bonchev–Trinajstić information content (AvgIpc) is 2.64. The molecule has 2 aromatic rings. The Bertz CT molecular complexity index is 675. The van der Waals surface area contributed by atoms with E-state index in [1.54, 1.807) is 12.1 Å². The monoisotopic (exact) mass is 339 g/mol. The van der Waals surface area contributed by atoms with Gasteiger partial charge in [-0.2, -0.15) is 0 Å². The van der Waals surface area contributed by atoms with Crippen LogP contribution in [0.2, 0.25) is 0 Å². The first-order valence-electron chi connectivity index (χ1n) is 8.84. The van der Waals surface area contributed by atoms with Crippen LogP contribution in [0.1, 0.15) is 50.2 Å². The van der Waals surface area contributed by atoms with Crippen LogP contribution >= 0.6 is 0 Å². The Balaban J connectivity index is 1.80. The summed E-state index contributed by atoms with van der Waals surface area (Å²) in [7, 11) is 0. The molecule has 0 fully saturated rings. The lowest BCUT2D eigenvalue weighted by molar-refractivity contribution is -0.384. The third-order valence-electron chi connectivity index (χ3n) is 3.97. The van der Waals surface area contributed by atoms with E-state index < -0.39 is 4.92 Å². The van der Waals surface area contributed by atoms with Gasteiger partial charge in [0.05, 0.1) is 11.5 Å². The standard InChI is InChI=1S/C21H25NO3/c1-2-3-4-5-6-17-25-21-15-11-19(12-16-21)8-7-18-9-13-20(14-10-18)22(23)24/h7-16H,2-6,17H2,1H3/b8-7+.